The van der Waals surface area contributed by atoms with Crippen LogP contribution >= 0.6 is 0 Å². The van der Waals surface area contributed by atoms with Crippen molar-refractivity contribution in [2.75, 3.05) is 0 Å². The Kier molecular flexibility index (Phi) is 4.93. The Morgan fingerprint density at radius 2 is 2.04 bits per heavy atom. The number of amides is 1. The summed E-state index contributed by atoms with van der Waals surface area (Å²) >= 11 is 0. The van der Waals surface area contributed by atoms with Crippen LogP contribution in [-0.4, -0.2) is 26.7 Å². The van der Waals surface area contributed by atoms with Gasteiger partial charge in [-0.15, -0.1) is 0 Å². The first kappa shape index (κ1) is 17.3. The van der Waals surface area contributed by atoms with E-state index in [-0.39, 0.29) is 11.9 Å². The van der Waals surface area contributed by atoms with Crippen molar-refractivity contribution in [3.63, 3.8) is 0 Å². The van der Waals surface area contributed by atoms with Crippen molar-refractivity contribution >= 4 is 16.8 Å². The zero-order valence-corrected chi connectivity index (χ0v) is 15.4. The van der Waals surface area contributed by atoms with E-state index in [1.54, 1.807) is 6.20 Å². The highest BCUT2D eigenvalue weighted by Gasteiger charge is 2.16. The summed E-state index contributed by atoms with van der Waals surface area (Å²) in [5, 5.41) is 8.50. The number of carbonyl (C=O) groups is 1. The number of aromatic amines is 1. The molecule has 0 bridgehead atoms. The quantitative estimate of drug-likeness (QED) is 0.723. The molecule has 0 fully saturated rings. The standard InChI is InChI=1S/C20H26N4O/c1-13-6-7-14(2)20-19(13)17(16(4)23-20)12-18(25)22-15(3)8-11-24-10-5-9-21-24/h5-7,9-10,15,23H,8,11-12H2,1-4H3,(H,22,25)/t15-/m1/s1. The van der Waals surface area contributed by atoms with Gasteiger partial charge in [-0.3, -0.25) is 9.48 Å². The van der Waals surface area contributed by atoms with Gasteiger partial charge in [0.2, 0.25) is 5.91 Å². The van der Waals surface area contributed by atoms with E-state index in [0.717, 1.165) is 29.7 Å². The number of nitrogens with one attached hydrogen (secondary N) is 2. The molecule has 0 aliphatic heterocycles. The van der Waals surface area contributed by atoms with Gasteiger partial charge in [0.25, 0.3) is 0 Å². The predicted molar refractivity (Wildman–Crippen MR) is 101 cm³/mol. The molecule has 0 radical (unpaired) electrons. The molecule has 5 nitrogen and oxygen atoms in total. The Bertz CT molecular complexity index is 877. The van der Waals surface area contributed by atoms with Crippen LogP contribution in [0.5, 0.6) is 0 Å². The predicted octanol–water partition coefficient (Wildman–Crippen LogP) is 3.43. The first-order valence-electron chi connectivity index (χ1n) is 8.80. The van der Waals surface area contributed by atoms with E-state index in [9.17, 15) is 4.79 Å². The van der Waals surface area contributed by atoms with Gasteiger partial charge in [-0.05, 0) is 56.9 Å². The number of rotatable bonds is 6. The molecule has 2 aromatic heterocycles. The van der Waals surface area contributed by atoms with Crippen LogP contribution < -0.4 is 5.32 Å². The molecule has 1 amide bonds. The van der Waals surface area contributed by atoms with Crippen LogP contribution in [0, 0.1) is 20.8 Å². The molecule has 2 N–H and O–H groups in total. The highest BCUT2D eigenvalue weighted by atomic mass is 16.1. The molecule has 0 saturated carbocycles. The van der Waals surface area contributed by atoms with E-state index in [4.69, 9.17) is 0 Å². The van der Waals surface area contributed by atoms with Crippen molar-refractivity contribution in [2.45, 2.75) is 53.1 Å². The van der Waals surface area contributed by atoms with Gasteiger partial charge in [-0.25, -0.2) is 0 Å². The monoisotopic (exact) mass is 338 g/mol. The van der Waals surface area contributed by atoms with Gasteiger partial charge in [0.05, 0.1) is 6.42 Å². The number of H-pyrrole nitrogens is 1. The molecule has 0 aliphatic carbocycles. The van der Waals surface area contributed by atoms with E-state index in [1.807, 2.05) is 30.8 Å². The minimum atomic E-state index is 0.0675. The van der Waals surface area contributed by atoms with Crippen molar-refractivity contribution in [3.05, 3.63) is 53.0 Å². The number of benzene rings is 1. The molecule has 5 heteroatoms. The van der Waals surface area contributed by atoms with Gasteiger partial charge in [0.1, 0.15) is 0 Å². The summed E-state index contributed by atoms with van der Waals surface area (Å²) in [6, 6.07) is 6.27. The number of carbonyl (C=O) groups excluding carboxylic acids is 1. The first-order valence-corrected chi connectivity index (χ1v) is 8.80. The van der Waals surface area contributed by atoms with Gasteiger partial charge in [-0.2, -0.15) is 5.10 Å². The van der Waals surface area contributed by atoms with Gasteiger partial charge in [-0.1, -0.05) is 12.1 Å². The molecule has 3 rings (SSSR count). The number of aromatic nitrogens is 3. The maximum Gasteiger partial charge on any atom is 0.224 e. The maximum absolute atomic E-state index is 12.5. The zero-order chi connectivity index (χ0) is 18.0. The second-order valence-electron chi connectivity index (χ2n) is 6.88. The van der Waals surface area contributed by atoms with Crippen molar-refractivity contribution < 1.29 is 4.79 Å². The SMILES string of the molecule is Cc1[nH]c2c(C)ccc(C)c2c1CC(=O)N[C@H](C)CCn1cccn1. The fourth-order valence-electron chi connectivity index (χ4n) is 3.35. The number of fused-ring (bicyclic) bond motifs is 1. The van der Waals surface area contributed by atoms with Crippen molar-refractivity contribution in [1.82, 2.24) is 20.1 Å². The normalized spacial score (nSPS) is 12.5. The Morgan fingerprint density at radius 3 is 2.76 bits per heavy atom. The van der Waals surface area contributed by atoms with Crippen molar-refractivity contribution in [2.24, 2.45) is 0 Å². The Morgan fingerprint density at radius 1 is 1.28 bits per heavy atom. The summed E-state index contributed by atoms with van der Waals surface area (Å²) in [6.07, 6.45) is 4.98. The molecule has 1 aromatic carbocycles. The van der Waals surface area contributed by atoms with E-state index >= 15 is 0 Å². The van der Waals surface area contributed by atoms with E-state index in [2.05, 4.69) is 41.4 Å². The summed E-state index contributed by atoms with van der Waals surface area (Å²) in [7, 11) is 0. The molecule has 0 spiro atoms. The number of hydrogen-bond donors (Lipinski definition) is 2. The van der Waals surface area contributed by atoms with Gasteiger partial charge >= 0.3 is 0 Å². The van der Waals surface area contributed by atoms with Crippen molar-refractivity contribution in [3.8, 4) is 0 Å². The summed E-state index contributed by atoms with van der Waals surface area (Å²) in [4.78, 5) is 16.0. The van der Waals surface area contributed by atoms with Gasteiger partial charge in [0.15, 0.2) is 0 Å². The average molecular weight is 338 g/mol. The summed E-state index contributed by atoms with van der Waals surface area (Å²) in [5.41, 5.74) is 5.74. The van der Waals surface area contributed by atoms with E-state index < -0.39 is 0 Å². The van der Waals surface area contributed by atoms with Crippen LogP contribution in [0.1, 0.15) is 35.7 Å². The summed E-state index contributed by atoms with van der Waals surface area (Å²) in [5.74, 6) is 0.0675. The second kappa shape index (κ2) is 7.13. The fourth-order valence-corrected chi connectivity index (χ4v) is 3.35. The highest BCUT2D eigenvalue weighted by molar-refractivity contribution is 5.93. The molecule has 1 atom stereocenters. The molecular weight excluding hydrogens is 312 g/mol. The molecule has 3 aromatic rings. The molecule has 0 saturated heterocycles. The average Bonchev–Trinajstić information content (AvgIpc) is 3.18. The lowest BCUT2D eigenvalue weighted by molar-refractivity contribution is -0.121. The number of hydrogen-bond acceptors (Lipinski definition) is 2. The van der Waals surface area contributed by atoms with Crippen LogP contribution in [0.4, 0.5) is 0 Å². The Hall–Kier alpha value is -2.56. The maximum atomic E-state index is 12.5. The van der Waals surface area contributed by atoms with Gasteiger partial charge in [0, 0.05) is 41.6 Å². The third kappa shape index (κ3) is 3.76. The Labute approximate surface area is 148 Å². The Balaban J connectivity index is 1.67. The lowest BCUT2D eigenvalue weighted by Crippen LogP contribution is -2.34. The summed E-state index contributed by atoms with van der Waals surface area (Å²) < 4.78 is 1.89. The zero-order valence-electron chi connectivity index (χ0n) is 15.4. The first-order chi connectivity index (χ1) is 12.0. The smallest absolute Gasteiger partial charge is 0.224 e. The highest BCUT2D eigenvalue weighted by Crippen LogP contribution is 2.28. The number of aryl methyl sites for hydroxylation is 4. The van der Waals surface area contributed by atoms with E-state index in [1.165, 1.54) is 16.5 Å². The van der Waals surface area contributed by atoms with Crippen LogP contribution in [0.25, 0.3) is 10.9 Å². The van der Waals surface area contributed by atoms with Gasteiger partial charge < -0.3 is 10.3 Å². The summed E-state index contributed by atoms with van der Waals surface area (Å²) in [6.45, 7) is 9.09. The van der Waals surface area contributed by atoms with E-state index in [0.29, 0.717) is 6.42 Å². The number of nitrogens with zero attached hydrogens (tertiary/aromatic N) is 2. The largest absolute Gasteiger partial charge is 0.358 e. The molecule has 0 aliphatic rings. The van der Waals surface area contributed by atoms with Crippen LogP contribution in [-0.2, 0) is 17.8 Å². The minimum Gasteiger partial charge on any atom is -0.358 e. The minimum absolute atomic E-state index is 0.0675. The lowest BCUT2D eigenvalue weighted by atomic mass is 10.0. The van der Waals surface area contributed by atoms with Crippen LogP contribution in [0.2, 0.25) is 0 Å². The molecule has 0 unspecified atom stereocenters. The van der Waals surface area contributed by atoms with Crippen LogP contribution in [0.15, 0.2) is 30.6 Å². The van der Waals surface area contributed by atoms with Crippen molar-refractivity contribution in [1.29, 1.82) is 0 Å². The lowest BCUT2D eigenvalue weighted by Gasteiger charge is -2.14. The third-order valence-corrected chi connectivity index (χ3v) is 4.78. The second-order valence-corrected chi connectivity index (χ2v) is 6.88. The molecular formula is C20H26N4O. The molecule has 132 valence electrons. The third-order valence-electron chi connectivity index (χ3n) is 4.78. The molecule has 25 heavy (non-hydrogen) atoms. The topological polar surface area (TPSA) is 62.7 Å². The molecule has 2 heterocycles. The van der Waals surface area contributed by atoms with Crippen LogP contribution in [0.3, 0.4) is 0 Å². The fraction of sp³-hybridized carbons (Fsp3) is 0.400.